The number of hydrogen-bond acceptors (Lipinski definition) is 4. The highest BCUT2D eigenvalue weighted by molar-refractivity contribution is 5.87. The van der Waals surface area contributed by atoms with Crippen LogP contribution in [-0.4, -0.2) is 43.8 Å². The predicted octanol–water partition coefficient (Wildman–Crippen LogP) is 2.20. The summed E-state index contributed by atoms with van der Waals surface area (Å²) >= 11 is 0. The van der Waals surface area contributed by atoms with Crippen LogP contribution in [0.5, 0.6) is 0 Å². The minimum absolute atomic E-state index is 0.364. The molecular formula is C17H22N4O2. The molecule has 23 heavy (non-hydrogen) atoms. The second kappa shape index (κ2) is 6.50. The fraction of sp³-hybridized carbons (Fsp3) is 0.471. The molecule has 122 valence electrons. The van der Waals surface area contributed by atoms with Crippen molar-refractivity contribution in [3.63, 3.8) is 0 Å². The van der Waals surface area contributed by atoms with E-state index >= 15 is 0 Å². The van der Waals surface area contributed by atoms with Gasteiger partial charge in [-0.1, -0.05) is 12.1 Å². The first-order chi connectivity index (χ1) is 11.0. The zero-order valence-electron chi connectivity index (χ0n) is 13.6. The normalized spacial score (nSPS) is 19.0. The standard InChI is InChI=1S/C17H22N4O2/c1-12-18-16(20(2)19-12)11-21-8-4-7-15(10-21)13-5-3-6-14(9-13)17(22)23/h3,5-6,9,15H,4,7-8,10-11H2,1-2H3,(H,22,23). The van der Waals surface area contributed by atoms with Crippen molar-refractivity contribution in [2.45, 2.75) is 32.2 Å². The van der Waals surface area contributed by atoms with Gasteiger partial charge in [0.2, 0.25) is 0 Å². The second-order valence-electron chi connectivity index (χ2n) is 6.20. The van der Waals surface area contributed by atoms with E-state index in [-0.39, 0.29) is 0 Å². The number of piperidine rings is 1. The third-order valence-electron chi connectivity index (χ3n) is 4.43. The van der Waals surface area contributed by atoms with E-state index in [2.05, 4.69) is 15.0 Å². The highest BCUT2D eigenvalue weighted by atomic mass is 16.4. The molecule has 2 aromatic rings. The fourth-order valence-electron chi connectivity index (χ4n) is 3.29. The quantitative estimate of drug-likeness (QED) is 0.937. The Balaban J connectivity index is 1.72. The molecule has 1 N–H and O–H groups in total. The van der Waals surface area contributed by atoms with E-state index in [1.165, 1.54) is 0 Å². The minimum Gasteiger partial charge on any atom is -0.478 e. The van der Waals surface area contributed by atoms with E-state index in [9.17, 15) is 4.79 Å². The van der Waals surface area contributed by atoms with Crippen molar-refractivity contribution in [1.82, 2.24) is 19.7 Å². The lowest BCUT2D eigenvalue weighted by atomic mass is 9.89. The summed E-state index contributed by atoms with van der Waals surface area (Å²) in [6, 6.07) is 7.33. The van der Waals surface area contributed by atoms with Crippen molar-refractivity contribution >= 4 is 5.97 Å². The lowest BCUT2D eigenvalue weighted by Crippen LogP contribution is -2.34. The smallest absolute Gasteiger partial charge is 0.335 e. The van der Waals surface area contributed by atoms with Crippen LogP contribution >= 0.6 is 0 Å². The van der Waals surface area contributed by atoms with Gasteiger partial charge in [0.15, 0.2) is 0 Å². The molecule has 1 aromatic heterocycles. The molecule has 0 radical (unpaired) electrons. The Kier molecular flexibility index (Phi) is 4.43. The SMILES string of the molecule is Cc1nc(CN2CCCC(c3cccc(C(=O)O)c3)C2)n(C)n1. The third-order valence-corrected chi connectivity index (χ3v) is 4.43. The summed E-state index contributed by atoms with van der Waals surface area (Å²) in [6.07, 6.45) is 2.20. The molecule has 6 heteroatoms. The number of aromatic nitrogens is 3. The topological polar surface area (TPSA) is 71.2 Å². The Morgan fingerprint density at radius 1 is 1.43 bits per heavy atom. The average Bonchev–Trinajstić information content (AvgIpc) is 2.85. The first kappa shape index (κ1) is 15.7. The van der Waals surface area contributed by atoms with Crippen LogP contribution in [0.2, 0.25) is 0 Å². The molecule has 3 rings (SSSR count). The molecular weight excluding hydrogens is 292 g/mol. The van der Waals surface area contributed by atoms with E-state index in [1.54, 1.807) is 6.07 Å². The molecule has 0 bridgehead atoms. The molecule has 1 aliphatic heterocycles. The van der Waals surface area contributed by atoms with Crippen LogP contribution in [0.1, 0.15) is 46.3 Å². The van der Waals surface area contributed by atoms with Gasteiger partial charge < -0.3 is 5.11 Å². The molecule has 1 aromatic carbocycles. The number of likely N-dealkylation sites (tertiary alicyclic amines) is 1. The minimum atomic E-state index is -0.867. The van der Waals surface area contributed by atoms with Crippen molar-refractivity contribution in [2.24, 2.45) is 7.05 Å². The number of carboxylic acids is 1. The number of aromatic carboxylic acids is 1. The summed E-state index contributed by atoms with van der Waals surface area (Å²) in [7, 11) is 1.92. The number of benzene rings is 1. The molecule has 1 unspecified atom stereocenters. The van der Waals surface area contributed by atoms with Crippen molar-refractivity contribution in [3.8, 4) is 0 Å². The molecule has 6 nitrogen and oxygen atoms in total. The highest BCUT2D eigenvalue weighted by Gasteiger charge is 2.23. The summed E-state index contributed by atoms with van der Waals surface area (Å²) in [5.41, 5.74) is 1.48. The van der Waals surface area contributed by atoms with Crippen LogP contribution in [0, 0.1) is 6.92 Å². The highest BCUT2D eigenvalue weighted by Crippen LogP contribution is 2.28. The third kappa shape index (κ3) is 3.59. The summed E-state index contributed by atoms with van der Waals surface area (Å²) in [5, 5.41) is 13.5. The van der Waals surface area contributed by atoms with Crippen LogP contribution in [0.4, 0.5) is 0 Å². The molecule has 0 spiro atoms. The van der Waals surface area contributed by atoms with Crippen molar-refractivity contribution in [2.75, 3.05) is 13.1 Å². The molecule has 1 fully saturated rings. The van der Waals surface area contributed by atoms with Crippen LogP contribution in [-0.2, 0) is 13.6 Å². The molecule has 1 atom stereocenters. The molecule has 0 saturated carbocycles. The molecule has 0 amide bonds. The summed E-state index contributed by atoms with van der Waals surface area (Å²) in [6.45, 7) is 4.66. The Morgan fingerprint density at radius 2 is 2.26 bits per heavy atom. The van der Waals surface area contributed by atoms with Gasteiger partial charge in [0, 0.05) is 13.6 Å². The van der Waals surface area contributed by atoms with Crippen LogP contribution < -0.4 is 0 Å². The lowest BCUT2D eigenvalue weighted by Gasteiger charge is -2.32. The lowest BCUT2D eigenvalue weighted by molar-refractivity contribution is 0.0696. The van der Waals surface area contributed by atoms with E-state index < -0.39 is 5.97 Å². The van der Waals surface area contributed by atoms with Gasteiger partial charge in [-0.2, -0.15) is 5.10 Å². The number of carboxylic acid groups (broad SMARTS) is 1. The van der Waals surface area contributed by atoms with Crippen LogP contribution in [0.3, 0.4) is 0 Å². The zero-order chi connectivity index (χ0) is 16.4. The largest absolute Gasteiger partial charge is 0.478 e. The maximum absolute atomic E-state index is 11.2. The Hall–Kier alpha value is -2.21. The Morgan fingerprint density at radius 3 is 2.96 bits per heavy atom. The van der Waals surface area contributed by atoms with Crippen LogP contribution in [0.15, 0.2) is 24.3 Å². The Labute approximate surface area is 135 Å². The van der Waals surface area contributed by atoms with Gasteiger partial charge in [-0.3, -0.25) is 9.58 Å². The summed E-state index contributed by atoms with van der Waals surface area (Å²) in [4.78, 5) is 18.0. The van der Waals surface area contributed by atoms with Gasteiger partial charge in [0.1, 0.15) is 11.6 Å². The van der Waals surface area contributed by atoms with Crippen molar-refractivity contribution in [3.05, 3.63) is 47.0 Å². The van der Waals surface area contributed by atoms with Gasteiger partial charge in [-0.15, -0.1) is 0 Å². The van der Waals surface area contributed by atoms with E-state index in [0.29, 0.717) is 11.5 Å². The van der Waals surface area contributed by atoms with Gasteiger partial charge >= 0.3 is 5.97 Å². The zero-order valence-corrected chi connectivity index (χ0v) is 13.6. The van der Waals surface area contributed by atoms with Gasteiger partial charge in [0.05, 0.1) is 12.1 Å². The average molecular weight is 314 g/mol. The van der Waals surface area contributed by atoms with Crippen molar-refractivity contribution in [1.29, 1.82) is 0 Å². The van der Waals surface area contributed by atoms with Gasteiger partial charge in [-0.05, 0) is 49.9 Å². The van der Waals surface area contributed by atoms with E-state index in [4.69, 9.17) is 5.11 Å². The monoisotopic (exact) mass is 314 g/mol. The number of nitrogens with zero attached hydrogens (tertiary/aromatic N) is 4. The molecule has 1 saturated heterocycles. The number of rotatable bonds is 4. The number of carbonyl (C=O) groups is 1. The first-order valence-electron chi connectivity index (χ1n) is 7.95. The van der Waals surface area contributed by atoms with Gasteiger partial charge in [-0.25, -0.2) is 9.78 Å². The second-order valence-corrected chi connectivity index (χ2v) is 6.20. The van der Waals surface area contributed by atoms with E-state index in [0.717, 1.165) is 49.7 Å². The summed E-state index contributed by atoms with van der Waals surface area (Å²) < 4.78 is 1.84. The fourth-order valence-corrected chi connectivity index (χ4v) is 3.29. The van der Waals surface area contributed by atoms with Gasteiger partial charge in [0.25, 0.3) is 0 Å². The molecule has 0 aliphatic carbocycles. The molecule has 1 aliphatic rings. The first-order valence-corrected chi connectivity index (χ1v) is 7.95. The maximum atomic E-state index is 11.2. The molecule has 2 heterocycles. The van der Waals surface area contributed by atoms with E-state index in [1.807, 2.05) is 36.9 Å². The number of aryl methyl sites for hydroxylation is 2. The summed E-state index contributed by atoms with van der Waals surface area (Å²) in [5.74, 6) is 1.28. The predicted molar refractivity (Wildman–Crippen MR) is 86.4 cm³/mol. The van der Waals surface area contributed by atoms with Crippen LogP contribution in [0.25, 0.3) is 0 Å². The Bertz CT molecular complexity index is 710. The number of hydrogen-bond donors (Lipinski definition) is 1. The van der Waals surface area contributed by atoms with Crippen molar-refractivity contribution < 1.29 is 9.90 Å². The maximum Gasteiger partial charge on any atom is 0.335 e.